The van der Waals surface area contributed by atoms with Crippen LogP contribution in [0.2, 0.25) is 0 Å². The third-order valence-corrected chi connectivity index (χ3v) is 5.46. The minimum atomic E-state index is -0.544. The number of amides is 1. The molecule has 0 spiro atoms. The van der Waals surface area contributed by atoms with E-state index in [0.717, 1.165) is 11.2 Å². The number of fused-ring (bicyclic) bond motifs is 1. The Morgan fingerprint density at radius 1 is 1.03 bits per heavy atom. The highest BCUT2D eigenvalue weighted by atomic mass is 16.4. The van der Waals surface area contributed by atoms with E-state index in [2.05, 4.69) is 25.5 Å². The summed E-state index contributed by atoms with van der Waals surface area (Å²) in [6.45, 7) is 1.36. The van der Waals surface area contributed by atoms with Crippen molar-refractivity contribution in [2.45, 2.75) is 12.8 Å². The molecule has 9 heteroatoms. The highest BCUT2D eigenvalue weighted by Gasteiger charge is 2.26. The van der Waals surface area contributed by atoms with Crippen LogP contribution in [0.25, 0.3) is 16.8 Å². The highest BCUT2D eigenvalue weighted by Crippen LogP contribution is 2.23. The first kappa shape index (κ1) is 19.0. The molecule has 0 atom stereocenters. The van der Waals surface area contributed by atoms with Crippen molar-refractivity contribution in [2.24, 2.45) is 5.92 Å². The first-order valence-electron chi connectivity index (χ1n) is 10.1. The normalized spacial score (nSPS) is 14.6. The number of nitrogens with zero attached hydrogens (tertiary/aromatic N) is 5. The van der Waals surface area contributed by atoms with Crippen molar-refractivity contribution < 1.29 is 9.21 Å². The Morgan fingerprint density at radius 2 is 1.81 bits per heavy atom. The van der Waals surface area contributed by atoms with Crippen LogP contribution in [0.1, 0.15) is 12.8 Å². The van der Waals surface area contributed by atoms with Crippen molar-refractivity contribution in [3.63, 3.8) is 0 Å². The monoisotopic (exact) mass is 416 g/mol. The van der Waals surface area contributed by atoms with E-state index in [-0.39, 0.29) is 17.5 Å². The molecule has 3 aromatic heterocycles. The summed E-state index contributed by atoms with van der Waals surface area (Å²) in [7, 11) is 0. The Morgan fingerprint density at radius 3 is 2.55 bits per heavy atom. The van der Waals surface area contributed by atoms with Gasteiger partial charge in [0.15, 0.2) is 11.6 Å². The second-order valence-electron chi connectivity index (χ2n) is 7.44. The molecule has 0 radical (unpaired) electrons. The number of aromatic nitrogens is 4. The third kappa shape index (κ3) is 3.89. The van der Waals surface area contributed by atoms with Gasteiger partial charge in [-0.15, -0.1) is 10.2 Å². The van der Waals surface area contributed by atoms with Gasteiger partial charge in [0.1, 0.15) is 11.3 Å². The summed E-state index contributed by atoms with van der Waals surface area (Å²) < 4.78 is 6.94. The smallest absolute Gasteiger partial charge is 0.360 e. The van der Waals surface area contributed by atoms with Crippen LogP contribution < -0.4 is 15.8 Å². The van der Waals surface area contributed by atoms with Crippen LogP contribution in [-0.2, 0) is 4.79 Å². The van der Waals surface area contributed by atoms with E-state index < -0.39 is 5.63 Å². The van der Waals surface area contributed by atoms with Crippen LogP contribution in [0.15, 0.2) is 70.1 Å². The van der Waals surface area contributed by atoms with Crippen LogP contribution in [0.5, 0.6) is 0 Å². The van der Waals surface area contributed by atoms with Gasteiger partial charge in [0.05, 0.1) is 0 Å². The molecule has 0 aliphatic carbocycles. The number of rotatable bonds is 4. The molecule has 1 aromatic carbocycles. The molecule has 31 heavy (non-hydrogen) atoms. The fourth-order valence-corrected chi connectivity index (χ4v) is 3.77. The molecule has 5 rings (SSSR count). The Hall–Kier alpha value is -4.01. The zero-order chi connectivity index (χ0) is 21.2. The van der Waals surface area contributed by atoms with Crippen molar-refractivity contribution in [1.82, 2.24) is 20.0 Å². The van der Waals surface area contributed by atoms with Crippen molar-refractivity contribution in [1.29, 1.82) is 0 Å². The molecule has 1 aliphatic heterocycles. The summed E-state index contributed by atoms with van der Waals surface area (Å²) in [5.74, 6) is 1.07. The van der Waals surface area contributed by atoms with Gasteiger partial charge >= 0.3 is 5.63 Å². The van der Waals surface area contributed by atoms with Crippen molar-refractivity contribution >= 4 is 28.4 Å². The van der Waals surface area contributed by atoms with Gasteiger partial charge in [0, 0.05) is 36.8 Å². The molecule has 156 valence electrons. The predicted octanol–water partition coefficient (Wildman–Crippen LogP) is 2.62. The fraction of sp³-hybridized carbons (Fsp3) is 0.227. The van der Waals surface area contributed by atoms with Gasteiger partial charge < -0.3 is 14.6 Å². The molecular formula is C22H20N6O3. The number of carbonyl (C=O) groups excluding carboxylic acids is 1. The van der Waals surface area contributed by atoms with Gasteiger partial charge in [-0.2, -0.15) is 5.10 Å². The first-order chi connectivity index (χ1) is 15.2. The molecular weight excluding hydrogens is 396 g/mol. The Kier molecular flexibility index (Phi) is 4.91. The van der Waals surface area contributed by atoms with Gasteiger partial charge in [0.25, 0.3) is 0 Å². The summed E-state index contributed by atoms with van der Waals surface area (Å²) in [5.41, 5.74) is 0.127. The van der Waals surface area contributed by atoms with Crippen molar-refractivity contribution in [2.75, 3.05) is 23.3 Å². The summed E-state index contributed by atoms with van der Waals surface area (Å²) in [5, 5.41) is 16.2. The number of benzene rings is 1. The SMILES string of the molecule is O=C(Nc1cc2ccccc2oc1=O)C1CCN(c2ccc(-n3cccn3)nn2)CC1. The van der Waals surface area contributed by atoms with Gasteiger partial charge in [-0.1, -0.05) is 18.2 Å². The van der Waals surface area contributed by atoms with Crippen molar-refractivity contribution in [3.05, 3.63) is 71.3 Å². The maximum absolute atomic E-state index is 12.7. The molecule has 0 bridgehead atoms. The van der Waals surface area contributed by atoms with E-state index >= 15 is 0 Å². The predicted molar refractivity (Wildman–Crippen MR) is 115 cm³/mol. The lowest BCUT2D eigenvalue weighted by Crippen LogP contribution is -2.39. The van der Waals surface area contributed by atoms with E-state index in [9.17, 15) is 9.59 Å². The minimum Gasteiger partial charge on any atom is -0.421 e. The lowest BCUT2D eigenvalue weighted by Gasteiger charge is -2.31. The average molecular weight is 416 g/mol. The number of carbonyl (C=O) groups is 1. The zero-order valence-corrected chi connectivity index (χ0v) is 16.6. The van der Waals surface area contributed by atoms with Gasteiger partial charge in [-0.3, -0.25) is 4.79 Å². The van der Waals surface area contributed by atoms with Gasteiger partial charge in [-0.25, -0.2) is 9.48 Å². The molecule has 0 unspecified atom stereocenters. The summed E-state index contributed by atoms with van der Waals surface area (Å²) in [6.07, 6.45) is 4.82. The molecule has 1 amide bonds. The molecule has 9 nitrogen and oxygen atoms in total. The standard InChI is InChI=1S/C22H20N6O3/c29-21(24-17-14-16-4-1-2-5-18(16)31-22(17)30)15-8-12-27(13-9-15)19-6-7-20(26-25-19)28-11-3-10-23-28/h1-7,10-11,14-15H,8-9,12-13H2,(H,24,29). The number of piperidine rings is 1. The number of hydrogen-bond donors (Lipinski definition) is 1. The van der Waals surface area contributed by atoms with E-state index in [1.165, 1.54) is 0 Å². The maximum atomic E-state index is 12.7. The largest absolute Gasteiger partial charge is 0.421 e. The summed E-state index contributed by atoms with van der Waals surface area (Å²) in [6, 6.07) is 14.5. The number of nitrogens with one attached hydrogen (secondary N) is 1. The van der Waals surface area contributed by atoms with Gasteiger partial charge in [-0.05, 0) is 43.2 Å². The molecule has 0 saturated carbocycles. The van der Waals surface area contributed by atoms with Crippen LogP contribution in [-0.4, -0.2) is 39.0 Å². The van der Waals surface area contributed by atoms with Gasteiger partial charge in [0.2, 0.25) is 5.91 Å². The second kappa shape index (κ2) is 8.02. The van der Waals surface area contributed by atoms with E-state index in [1.807, 2.05) is 36.5 Å². The quantitative estimate of drug-likeness (QED) is 0.510. The van der Waals surface area contributed by atoms with E-state index in [4.69, 9.17) is 4.42 Å². The topological polar surface area (TPSA) is 106 Å². The molecule has 1 N–H and O–H groups in total. The fourth-order valence-electron chi connectivity index (χ4n) is 3.77. The Bertz CT molecular complexity index is 1260. The van der Waals surface area contributed by atoms with Crippen LogP contribution >= 0.6 is 0 Å². The second-order valence-corrected chi connectivity index (χ2v) is 7.44. The molecule has 4 aromatic rings. The maximum Gasteiger partial charge on any atom is 0.360 e. The number of hydrogen-bond acceptors (Lipinski definition) is 7. The van der Waals surface area contributed by atoms with Crippen LogP contribution in [0.4, 0.5) is 11.5 Å². The lowest BCUT2D eigenvalue weighted by atomic mass is 9.96. The van der Waals surface area contributed by atoms with Crippen LogP contribution in [0.3, 0.4) is 0 Å². The van der Waals surface area contributed by atoms with E-state index in [1.54, 1.807) is 29.1 Å². The first-order valence-corrected chi connectivity index (χ1v) is 10.1. The molecule has 1 aliphatic rings. The van der Waals surface area contributed by atoms with Crippen LogP contribution in [0, 0.1) is 5.92 Å². The van der Waals surface area contributed by atoms with Crippen molar-refractivity contribution in [3.8, 4) is 5.82 Å². The number of para-hydroxylation sites is 1. The number of anilines is 2. The average Bonchev–Trinajstić information content (AvgIpc) is 3.35. The third-order valence-electron chi connectivity index (χ3n) is 5.46. The summed E-state index contributed by atoms with van der Waals surface area (Å²) >= 11 is 0. The molecule has 4 heterocycles. The van der Waals surface area contributed by atoms with E-state index in [0.29, 0.717) is 37.3 Å². The summed E-state index contributed by atoms with van der Waals surface area (Å²) in [4.78, 5) is 27.0. The minimum absolute atomic E-state index is 0.164. The lowest BCUT2D eigenvalue weighted by molar-refractivity contribution is -0.120. The highest BCUT2D eigenvalue weighted by molar-refractivity contribution is 5.94. The molecule has 1 saturated heterocycles. The Labute approximate surface area is 177 Å². The Balaban J connectivity index is 1.22. The zero-order valence-electron chi connectivity index (χ0n) is 16.6. The molecule has 1 fully saturated rings.